The van der Waals surface area contributed by atoms with E-state index in [1.807, 2.05) is 0 Å². The van der Waals surface area contributed by atoms with Crippen LogP contribution in [0.3, 0.4) is 0 Å². The van der Waals surface area contributed by atoms with Crippen LogP contribution < -0.4 is 10.1 Å². The fraction of sp³-hybridized carbons (Fsp3) is 0.500. The molecule has 3 fully saturated rings. The Kier molecular flexibility index (Phi) is 4.59. The number of methoxy groups -OCH3 is 1. The molecule has 0 aromatic heterocycles. The molecule has 1 N–H and O–H groups in total. The summed E-state index contributed by atoms with van der Waals surface area (Å²) in [5.41, 5.74) is 0.514. The van der Waals surface area contributed by atoms with Crippen LogP contribution in [-0.2, 0) is 14.4 Å². The van der Waals surface area contributed by atoms with Gasteiger partial charge >= 0.3 is 0 Å². The lowest BCUT2D eigenvalue weighted by Crippen LogP contribution is -2.39. The number of imide groups is 1. The summed E-state index contributed by atoms with van der Waals surface area (Å²) >= 11 is 7.31. The zero-order valence-corrected chi connectivity index (χ0v) is 17.2. The van der Waals surface area contributed by atoms with Gasteiger partial charge < -0.3 is 10.1 Å². The molecule has 138 valence electrons. The molecular formula is C18H18Br2N2O4. The van der Waals surface area contributed by atoms with E-state index < -0.39 is 5.91 Å². The smallest absolute Gasteiger partial charge is 0.244 e. The SMILES string of the molecule is COc1ccccc1NC(=O)CN1C(=O)[C@@H]2[C@H]3C[C@@H]([C@H](Br)[C@@H]3Br)[C@@H]2C1=O. The van der Waals surface area contributed by atoms with Crippen LogP contribution in [0, 0.1) is 23.7 Å². The average Bonchev–Trinajstić information content (AvgIpc) is 3.23. The number of fused-ring (bicyclic) bond motifs is 5. The number of nitrogens with one attached hydrogen (secondary N) is 1. The topological polar surface area (TPSA) is 75.7 Å². The van der Waals surface area contributed by atoms with E-state index in [9.17, 15) is 14.4 Å². The number of amides is 3. The number of benzene rings is 1. The Hall–Kier alpha value is -1.41. The lowest BCUT2D eigenvalue weighted by Gasteiger charge is -2.28. The number of nitrogens with zero attached hydrogens (tertiary/aromatic N) is 1. The number of anilines is 1. The number of likely N-dealkylation sites (tertiary alicyclic amines) is 1. The van der Waals surface area contributed by atoms with Crippen molar-refractivity contribution >= 4 is 55.3 Å². The second kappa shape index (κ2) is 6.64. The predicted octanol–water partition coefficient (Wildman–Crippen LogP) is 2.41. The van der Waals surface area contributed by atoms with E-state index in [1.165, 1.54) is 7.11 Å². The van der Waals surface area contributed by atoms with Gasteiger partial charge in [0.1, 0.15) is 12.3 Å². The number of alkyl halides is 2. The van der Waals surface area contributed by atoms with Crippen LogP contribution in [0.4, 0.5) is 5.69 Å². The average molecular weight is 486 g/mol. The van der Waals surface area contributed by atoms with E-state index in [1.54, 1.807) is 24.3 Å². The largest absolute Gasteiger partial charge is 0.495 e. The van der Waals surface area contributed by atoms with E-state index in [-0.39, 0.29) is 51.7 Å². The zero-order valence-electron chi connectivity index (χ0n) is 14.0. The van der Waals surface area contributed by atoms with Gasteiger partial charge in [-0.05, 0) is 30.4 Å². The molecule has 1 aromatic rings. The highest BCUT2D eigenvalue weighted by atomic mass is 79.9. The molecule has 2 aliphatic carbocycles. The van der Waals surface area contributed by atoms with Gasteiger partial charge in [0, 0.05) is 9.65 Å². The molecule has 1 heterocycles. The summed E-state index contributed by atoms with van der Waals surface area (Å²) in [6.45, 7) is -0.262. The normalized spacial score (nSPS) is 35.0. The van der Waals surface area contributed by atoms with Crippen LogP contribution in [0.5, 0.6) is 5.75 Å². The number of carbonyl (C=O) groups excluding carboxylic acids is 3. The fourth-order valence-electron chi connectivity index (χ4n) is 4.65. The van der Waals surface area contributed by atoms with Crippen molar-refractivity contribution in [2.24, 2.45) is 23.7 Å². The first-order valence-electron chi connectivity index (χ1n) is 8.50. The second-order valence-corrected chi connectivity index (χ2v) is 9.13. The van der Waals surface area contributed by atoms with E-state index in [0.717, 1.165) is 11.3 Å². The highest BCUT2D eigenvalue weighted by Gasteiger charge is 2.66. The first kappa shape index (κ1) is 18.0. The highest BCUT2D eigenvalue weighted by Crippen LogP contribution is 2.60. The number of hydrogen-bond acceptors (Lipinski definition) is 4. The lowest BCUT2D eigenvalue weighted by atomic mass is 9.81. The molecule has 0 spiro atoms. The minimum Gasteiger partial charge on any atom is -0.495 e. The molecule has 6 atom stereocenters. The molecule has 8 heteroatoms. The first-order chi connectivity index (χ1) is 12.4. The van der Waals surface area contributed by atoms with Crippen LogP contribution in [0.1, 0.15) is 6.42 Å². The van der Waals surface area contributed by atoms with E-state index in [2.05, 4.69) is 37.2 Å². The Labute approximate surface area is 167 Å². The molecule has 1 aromatic carbocycles. The predicted molar refractivity (Wildman–Crippen MR) is 102 cm³/mol. The Morgan fingerprint density at radius 1 is 1.15 bits per heavy atom. The third kappa shape index (κ3) is 2.60. The standard InChI is InChI=1S/C18H18Br2N2O4/c1-26-11-5-3-2-4-10(11)21-12(23)7-22-17(24)13-8-6-9(14(13)18(22)25)16(20)15(8)19/h2-5,8-9,13-16H,6-7H2,1H3,(H,21,23)/t8-,9-,13-,14+,15-,16+/m1/s1. The quantitative estimate of drug-likeness (QED) is 0.525. The second-order valence-electron chi connectivity index (χ2n) is 7.01. The van der Waals surface area contributed by atoms with Crippen LogP contribution in [0.2, 0.25) is 0 Å². The monoisotopic (exact) mass is 484 g/mol. The Morgan fingerprint density at radius 3 is 2.31 bits per heavy atom. The maximum atomic E-state index is 12.8. The van der Waals surface area contributed by atoms with Crippen molar-refractivity contribution in [2.75, 3.05) is 19.0 Å². The minimum absolute atomic E-state index is 0.146. The minimum atomic E-state index is -0.408. The van der Waals surface area contributed by atoms with Gasteiger partial charge in [0.05, 0.1) is 24.6 Å². The van der Waals surface area contributed by atoms with Crippen molar-refractivity contribution in [1.29, 1.82) is 0 Å². The van der Waals surface area contributed by atoms with Crippen molar-refractivity contribution in [3.05, 3.63) is 24.3 Å². The van der Waals surface area contributed by atoms with Gasteiger partial charge in [-0.1, -0.05) is 44.0 Å². The summed E-state index contributed by atoms with van der Waals surface area (Å²) in [5, 5.41) is 2.72. The maximum absolute atomic E-state index is 12.8. The van der Waals surface area contributed by atoms with Gasteiger partial charge in [0.15, 0.2) is 0 Å². The van der Waals surface area contributed by atoms with Crippen molar-refractivity contribution in [3.8, 4) is 5.75 Å². The molecule has 2 saturated carbocycles. The summed E-state index contributed by atoms with van der Waals surface area (Å²) in [6, 6.07) is 7.02. The third-order valence-electron chi connectivity index (χ3n) is 5.76. The van der Waals surface area contributed by atoms with Crippen molar-refractivity contribution < 1.29 is 19.1 Å². The molecule has 3 aliphatic rings. The van der Waals surface area contributed by atoms with E-state index in [0.29, 0.717) is 11.4 Å². The number of rotatable bonds is 4. The van der Waals surface area contributed by atoms with Crippen molar-refractivity contribution in [2.45, 2.75) is 16.1 Å². The molecule has 0 unspecified atom stereocenters. The summed E-state index contributed by atoms with van der Waals surface area (Å²) in [5.74, 6) is -0.623. The van der Waals surface area contributed by atoms with Crippen LogP contribution in [0.15, 0.2) is 24.3 Å². The molecule has 6 nitrogen and oxygen atoms in total. The lowest BCUT2D eigenvalue weighted by molar-refractivity contribution is -0.143. The fourth-order valence-corrected chi connectivity index (χ4v) is 6.52. The van der Waals surface area contributed by atoms with Gasteiger partial charge in [-0.15, -0.1) is 0 Å². The van der Waals surface area contributed by atoms with Crippen LogP contribution in [0.25, 0.3) is 0 Å². The Morgan fingerprint density at radius 2 is 1.73 bits per heavy atom. The molecule has 1 saturated heterocycles. The van der Waals surface area contributed by atoms with Gasteiger partial charge in [0.2, 0.25) is 17.7 Å². The van der Waals surface area contributed by atoms with Crippen LogP contribution in [-0.4, -0.2) is 45.9 Å². The molecule has 4 rings (SSSR count). The van der Waals surface area contributed by atoms with E-state index >= 15 is 0 Å². The van der Waals surface area contributed by atoms with Gasteiger partial charge in [-0.3, -0.25) is 19.3 Å². The molecule has 1 aliphatic heterocycles. The molecule has 26 heavy (non-hydrogen) atoms. The summed E-state index contributed by atoms with van der Waals surface area (Å²) in [4.78, 5) is 39.6. The van der Waals surface area contributed by atoms with Crippen molar-refractivity contribution in [1.82, 2.24) is 4.90 Å². The van der Waals surface area contributed by atoms with E-state index in [4.69, 9.17) is 4.74 Å². The van der Waals surface area contributed by atoms with Gasteiger partial charge in [-0.25, -0.2) is 0 Å². The summed E-state index contributed by atoms with van der Waals surface area (Å²) in [6.07, 6.45) is 0.875. The number of carbonyl (C=O) groups is 3. The maximum Gasteiger partial charge on any atom is 0.244 e. The molecule has 2 bridgehead atoms. The molecule has 0 radical (unpaired) electrons. The zero-order chi connectivity index (χ0) is 18.6. The Bertz CT molecular complexity index is 754. The van der Waals surface area contributed by atoms with Crippen LogP contribution >= 0.6 is 31.9 Å². The number of hydrogen-bond donors (Lipinski definition) is 1. The summed E-state index contributed by atoms with van der Waals surface area (Å²) in [7, 11) is 1.52. The van der Waals surface area contributed by atoms with Gasteiger partial charge in [-0.2, -0.15) is 0 Å². The molecule has 3 amide bonds. The number of para-hydroxylation sites is 2. The third-order valence-corrected chi connectivity index (χ3v) is 8.97. The van der Waals surface area contributed by atoms with Crippen molar-refractivity contribution in [3.63, 3.8) is 0 Å². The highest BCUT2D eigenvalue weighted by molar-refractivity contribution is 9.12. The number of ether oxygens (including phenoxy) is 1. The van der Waals surface area contributed by atoms with Gasteiger partial charge in [0.25, 0.3) is 0 Å². The number of halogens is 2. The summed E-state index contributed by atoms with van der Waals surface area (Å²) < 4.78 is 5.21. The Balaban J connectivity index is 1.49. The molecular weight excluding hydrogens is 468 g/mol. The first-order valence-corrected chi connectivity index (χ1v) is 10.3.